The van der Waals surface area contributed by atoms with Gasteiger partial charge in [0.25, 0.3) is 0 Å². The van der Waals surface area contributed by atoms with Crippen molar-refractivity contribution in [1.82, 2.24) is 10.3 Å². The number of benzene rings is 1. The number of thioether (sulfide) groups is 1. The Morgan fingerprint density at radius 3 is 2.91 bits per heavy atom. The van der Waals surface area contributed by atoms with Crippen LogP contribution >= 0.6 is 23.1 Å². The molecule has 0 spiro atoms. The fraction of sp³-hybridized carbons (Fsp3) is 0.444. The minimum atomic E-state index is 0.0516. The highest BCUT2D eigenvalue weighted by Crippen LogP contribution is 2.27. The van der Waals surface area contributed by atoms with Crippen molar-refractivity contribution in [2.24, 2.45) is 0 Å². The molecule has 5 heteroatoms. The SMILES string of the molecule is CCC(C)NC(=O)Cc1csc(SCc2cc(C)ccc2C)n1. The molecule has 1 unspecified atom stereocenters. The van der Waals surface area contributed by atoms with Crippen molar-refractivity contribution in [3.63, 3.8) is 0 Å². The second-order valence-electron chi connectivity index (χ2n) is 5.88. The van der Waals surface area contributed by atoms with Gasteiger partial charge in [0.1, 0.15) is 4.34 Å². The first kappa shape index (κ1) is 18.0. The Morgan fingerprint density at radius 1 is 1.39 bits per heavy atom. The summed E-state index contributed by atoms with van der Waals surface area (Å²) < 4.78 is 1.03. The zero-order chi connectivity index (χ0) is 16.8. The normalized spacial score (nSPS) is 12.2. The fourth-order valence-corrected chi connectivity index (χ4v) is 4.03. The van der Waals surface area contributed by atoms with Crippen LogP contribution in [-0.2, 0) is 17.0 Å². The molecular weight excluding hydrogens is 324 g/mol. The maximum absolute atomic E-state index is 11.9. The Labute approximate surface area is 146 Å². The van der Waals surface area contributed by atoms with E-state index in [-0.39, 0.29) is 11.9 Å². The van der Waals surface area contributed by atoms with Gasteiger partial charge in [-0.1, -0.05) is 42.4 Å². The molecule has 2 rings (SSSR count). The van der Waals surface area contributed by atoms with E-state index in [1.165, 1.54) is 16.7 Å². The average molecular weight is 349 g/mol. The Hall–Kier alpha value is -1.33. The molecule has 2 aromatic rings. The minimum Gasteiger partial charge on any atom is -0.353 e. The van der Waals surface area contributed by atoms with Crippen molar-refractivity contribution in [1.29, 1.82) is 0 Å². The lowest BCUT2D eigenvalue weighted by atomic mass is 10.1. The van der Waals surface area contributed by atoms with Crippen LogP contribution in [0.15, 0.2) is 27.9 Å². The molecule has 1 aromatic heterocycles. The van der Waals surface area contributed by atoms with E-state index < -0.39 is 0 Å². The maximum atomic E-state index is 11.9. The van der Waals surface area contributed by atoms with Crippen LogP contribution in [0, 0.1) is 13.8 Å². The Bertz CT molecular complexity index is 667. The Kier molecular flexibility index (Phi) is 6.66. The predicted molar refractivity (Wildman–Crippen MR) is 99.2 cm³/mol. The van der Waals surface area contributed by atoms with Crippen LogP contribution in [0.25, 0.3) is 0 Å². The highest BCUT2D eigenvalue weighted by atomic mass is 32.2. The van der Waals surface area contributed by atoms with E-state index in [4.69, 9.17) is 0 Å². The highest BCUT2D eigenvalue weighted by Gasteiger charge is 2.10. The number of amides is 1. The van der Waals surface area contributed by atoms with Crippen LogP contribution in [0.4, 0.5) is 0 Å². The lowest BCUT2D eigenvalue weighted by Gasteiger charge is -2.10. The largest absolute Gasteiger partial charge is 0.353 e. The lowest BCUT2D eigenvalue weighted by Crippen LogP contribution is -2.33. The summed E-state index contributed by atoms with van der Waals surface area (Å²) in [5, 5.41) is 4.97. The summed E-state index contributed by atoms with van der Waals surface area (Å²) in [5.41, 5.74) is 4.81. The molecule has 1 aromatic carbocycles. The second-order valence-corrected chi connectivity index (χ2v) is 7.96. The molecule has 0 aliphatic carbocycles. The lowest BCUT2D eigenvalue weighted by molar-refractivity contribution is -0.121. The van der Waals surface area contributed by atoms with E-state index in [1.807, 2.05) is 12.3 Å². The van der Waals surface area contributed by atoms with Crippen LogP contribution in [0.1, 0.15) is 42.7 Å². The quantitative estimate of drug-likeness (QED) is 0.749. The number of nitrogens with one attached hydrogen (secondary N) is 1. The van der Waals surface area contributed by atoms with Crippen LogP contribution in [0.2, 0.25) is 0 Å². The molecule has 0 aliphatic heterocycles. The first-order valence-corrected chi connectivity index (χ1v) is 9.77. The third-order valence-corrected chi connectivity index (χ3v) is 5.87. The number of carbonyl (C=O) groups excluding carboxylic acids is 1. The standard InChI is InChI=1S/C18H24N2OS2/c1-5-14(4)19-17(21)9-16-11-23-18(20-16)22-10-15-8-12(2)6-7-13(15)3/h6-8,11,14H,5,9-10H2,1-4H3,(H,19,21). The number of thiazole rings is 1. The van der Waals surface area contributed by atoms with Gasteiger partial charge in [0.15, 0.2) is 0 Å². The van der Waals surface area contributed by atoms with Gasteiger partial charge < -0.3 is 5.32 Å². The molecule has 0 saturated carbocycles. The van der Waals surface area contributed by atoms with Crippen molar-refractivity contribution in [3.8, 4) is 0 Å². The summed E-state index contributed by atoms with van der Waals surface area (Å²) in [6, 6.07) is 6.76. The first-order valence-electron chi connectivity index (χ1n) is 7.90. The molecular formula is C18H24N2OS2. The summed E-state index contributed by atoms with van der Waals surface area (Å²) >= 11 is 3.36. The van der Waals surface area contributed by atoms with Gasteiger partial charge in [-0.2, -0.15) is 0 Å². The summed E-state index contributed by atoms with van der Waals surface area (Å²) in [5.74, 6) is 0.968. The van der Waals surface area contributed by atoms with Crippen molar-refractivity contribution < 1.29 is 4.79 Å². The van der Waals surface area contributed by atoms with Gasteiger partial charge >= 0.3 is 0 Å². The van der Waals surface area contributed by atoms with Crippen LogP contribution in [-0.4, -0.2) is 16.9 Å². The fourth-order valence-electron chi connectivity index (χ4n) is 2.12. The van der Waals surface area contributed by atoms with Crippen LogP contribution < -0.4 is 5.32 Å². The van der Waals surface area contributed by atoms with E-state index in [0.717, 1.165) is 22.2 Å². The Morgan fingerprint density at radius 2 is 2.17 bits per heavy atom. The molecule has 0 fully saturated rings. The highest BCUT2D eigenvalue weighted by molar-refractivity contribution is 8.00. The number of hydrogen-bond donors (Lipinski definition) is 1. The van der Waals surface area contributed by atoms with Crippen LogP contribution in [0.5, 0.6) is 0 Å². The Balaban J connectivity index is 1.89. The van der Waals surface area contributed by atoms with E-state index in [1.54, 1.807) is 23.1 Å². The number of nitrogens with zero attached hydrogens (tertiary/aromatic N) is 1. The molecule has 0 aliphatic rings. The zero-order valence-electron chi connectivity index (χ0n) is 14.2. The molecule has 0 saturated heterocycles. The predicted octanol–water partition coefficient (Wildman–Crippen LogP) is 4.51. The van der Waals surface area contributed by atoms with E-state index >= 15 is 0 Å². The molecule has 0 radical (unpaired) electrons. The maximum Gasteiger partial charge on any atom is 0.226 e. The molecule has 3 nitrogen and oxygen atoms in total. The second kappa shape index (κ2) is 8.50. The molecule has 1 heterocycles. The number of carbonyl (C=O) groups is 1. The van der Waals surface area contributed by atoms with Crippen molar-refractivity contribution in [2.75, 3.05) is 0 Å². The van der Waals surface area contributed by atoms with Gasteiger partial charge in [-0.25, -0.2) is 4.98 Å². The third kappa shape index (κ3) is 5.66. The minimum absolute atomic E-state index is 0.0516. The molecule has 1 amide bonds. The molecule has 124 valence electrons. The van der Waals surface area contributed by atoms with E-state index in [2.05, 4.69) is 49.3 Å². The number of rotatable bonds is 7. The van der Waals surface area contributed by atoms with E-state index in [0.29, 0.717) is 6.42 Å². The monoisotopic (exact) mass is 348 g/mol. The number of aromatic nitrogens is 1. The van der Waals surface area contributed by atoms with Crippen LogP contribution in [0.3, 0.4) is 0 Å². The summed E-state index contributed by atoms with van der Waals surface area (Å²) in [4.78, 5) is 16.5. The van der Waals surface area contributed by atoms with Gasteiger partial charge in [-0.05, 0) is 38.3 Å². The van der Waals surface area contributed by atoms with Gasteiger partial charge in [0.05, 0.1) is 12.1 Å². The third-order valence-electron chi connectivity index (χ3n) is 3.75. The average Bonchev–Trinajstić information content (AvgIpc) is 2.95. The summed E-state index contributed by atoms with van der Waals surface area (Å²) in [7, 11) is 0. The molecule has 0 bridgehead atoms. The molecule has 1 N–H and O–H groups in total. The van der Waals surface area contributed by atoms with Gasteiger partial charge in [0, 0.05) is 17.2 Å². The first-order chi connectivity index (χ1) is 11.0. The van der Waals surface area contributed by atoms with Crippen molar-refractivity contribution in [3.05, 3.63) is 46.0 Å². The van der Waals surface area contributed by atoms with Gasteiger partial charge in [-0.3, -0.25) is 4.79 Å². The smallest absolute Gasteiger partial charge is 0.226 e. The van der Waals surface area contributed by atoms with Crippen molar-refractivity contribution >= 4 is 29.0 Å². The van der Waals surface area contributed by atoms with Crippen molar-refractivity contribution in [2.45, 2.75) is 56.7 Å². The zero-order valence-corrected chi connectivity index (χ0v) is 15.8. The topological polar surface area (TPSA) is 42.0 Å². The summed E-state index contributed by atoms with van der Waals surface area (Å²) in [6.07, 6.45) is 1.31. The van der Waals surface area contributed by atoms with Gasteiger partial charge in [0.2, 0.25) is 5.91 Å². The molecule has 23 heavy (non-hydrogen) atoms. The number of hydrogen-bond acceptors (Lipinski definition) is 4. The van der Waals surface area contributed by atoms with E-state index in [9.17, 15) is 4.79 Å². The molecule has 1 atom stereocenters. The van der Waals surface area contributed by atoms with Gasteiger partial charge in [-0.15, -0.1) is 11.3 Å². The number of aryl methyl sites for hydroxylation is 2. The summed E-state index contributed by atoms with van der Waals surface area (Å²) in [6.45, 7) is 8.34.